The van der Waals surface area contributed by atoms with Crippen molar-refractivity contribution in [2.24, 2.45) is 5.73 Å². The first-order valence-corrected chi connectivity index (χ1v) is 5.52. The number of nitrogens with two attached hydrogens (primary N) is 1. The third kappa shape index (κ3) is 3.62. The van der Waals surface area contributed by atoms with Crippen LogP contribution in [-0.2, 0) is 11.2 Å². The molecular formula is C12H19N3O. The number of hydrogen-bond donors (Lipinski definition) is 2. The predicted octanol–water partition coefficient (Wildman–Crippen LogP) is 0.868. The Hall–Kier alpha value is -1.42. The molecule has 0 bridgehead atoms. The second-order valence-electron chi connectivity index (χ2n) is 4.13. The number of carbonyl (C=O) groups is 1. The van der Waals surface area contributed by atoms with E-state index in [1.165, 1.54) is 0 Å². The van der Waals surface area contributed by atoms with Gasteiger partial charge in [0.2, 0.25) is 5.91 Å². The Bertz CT molecular complexity index is 335. The summed E-state index contributed by atoms with van der Waals surface area (Å²) in [7, 11) is 0. The van der Waals surface area contributed by atoms with Gasteiger partial charge in [0.25, 0.3) is 0 Å². The van der Waals surface area contributed by atoms with E-state index in [1.807, 2.05) is 19.1 Å². The van der Waals surface area contributed by atoms with Crippen LogP contribution in [0.2, 0.25) is 0 Å². The van der Waals surface area contributed by atoms with Gasteiger partial charge in [-0.3, -0.25) is 9.78 Å². The molecule has 0 aliphatic rings. The van der Waals surface area contributed by atoms with Gasteiger partial charge in [-0.25, -0.2) is 0 Å². The summed E-state index contributed by atoms with van der Waals surface area (Å²) in [4.78, 5) is 15.6. The van der Waals surface area contributed by atoms with Crippen molar-refractivity contribution in [3.05, 3.63) is 30.1 Å². The van der Waals surface area contributed by atoms with Crippen LogP contribution >= 0.6 is 0 Å². The number of aromatic nitrogens is 1. The lowest BCUT2D eigenvalue weighted by molar-refractivity contribution is -0.125. The second-order valence-corrected chi connectivity index (χ2v) is 4.13. The van der Waals surface area contributed by atoms with Crippen LogP contribution < -0.4 is 11.1 Å². The van der Waals surface area contributed by atoms with Gasteiger partial charge in [-0.2, -0.15) is 0 Å². The smallest absolute Gasteiger partial charge is 0.239 e. The van der Waals surface area contributed by atoms with Crippen molar-refractivity contribution >= 4 is 5.91 Å². The van der Waals surface area contributed by atoms with Crippen LogP contribution in [0.1, 0.15) is 25.8 Å². The van der Waals surface area contributed by atoms with Gasteiger partial charge < -0.3 is 11.1 Å². The molecule has 4 nitrogen and oxygen atoms in total. The van der Waals surface area contributed by atoms with Crippen LogP contribution in [0.3, 0.4) is 0 Å². The quantitative estimate of drug-likeness (QED) is 0.775. The fraction of sp³-hybridized carbons (Fsp3) is 0.500. The Kier molecular flexibility index (Phi) is 4.43. The number of nitrogens with zero attached hydrogens (tertiary/aromatic N) is 1. The minimum absolute atomic E-state index is 0.0935. The first-order valence-electron chi connectivity index (χ1n) is 5.52. The van der Waals surface area contributed by atoms with Crippen molar-refractivity contribution in [2.75, 3.05) is 6.54 Å². The van der Waals surface area contributed by atoms with Gasteiger partial charge in [0, 0.05) is 18.9 Å². The van der Waals surface area contributed by atoms with Gasteiger partial charge in [0.05, 0.1) is 5.54 Å². The van der Waals surface area contributed by atoms with Crippen LogP contribution in [0.5, 0.6) is 0 Å². The van der Waals surface area contributed by atoms with Crippen molar-refractivity contribution in [3.63, 3.8) is 0 Å². The number of hydrogen-bond acceptors (Lipinski definition) is 3. The second kappa shape index (κ2) is 5.61. The minimum atomic E-state index is -0.766. The molecule has 0 spiro atoms. The summed E-state index contributed by atoms with van der Waals surface area (Å²) in [5.41, 5.74) is 6.21. The average Bonchev–Trinajstić information content (AvgIpc) is 2.30. The van der Waals surface area contributed by atoms with Crippen molar-refractivity contribution in [1.29, 1.82) is 0 Å². The van der Waals surface area contributed by atoms with E-state index in [0.717, 1.165) is 12.0 Å². The van der Waals surface area contributed by atoms with Gasteiger partial charge in [0.15, 0.2) is 0 Å². The molecule has 0 aliphatic heterocycles. The van der Waals surface area contributed by atoms with E-state index in [2.05, 4.69) is 10.3 Å². The Balaban J connectivity index is 2.34. The highest BCUT2D eigenvalue weighted by Gasteiger charge is 2.25. The summed E-state index contributed by atoms with van der Waals surface area (Å²) in [6, 6.07) is 3.88. The maximum atomic E-state index is 11.6. The largest absolute Gasteiger partial charge is 0.354 e. The van der Waals surface area contributed by atoms with Gasteiger partial charge in [-0.1, -0.05) is 6.92 Å². The highest BCUT2D eigenvalue weighted by atomic mass is 16.2. The number of carbonyl (C=O) groups excluding carboxylic acids is 1. The zero-order valence-electron chi connectivity index (χ0n) is 9.86. The molecule has 0 saturated carbocycles. The van der Waals surface area contributed by atoms with Gasteiger partial charge >= 0.3 is 0 Å². The van der Waals surface area contributed by atoms with Crippen molar-refractivity contribution in [2.45, 2.75) is 32.2 Å². The van der Waals surface area contributed by atoms with E-state index in [4.69, 9.17) is 5.73 Å². The molecular weight excluding hydrogens is 202 g/mol. The lowest BCUT2D eigenvalue weighted by Crippen LogP contribution is -2.51. The molecule has 1 heterocycles. The molecule has 1 aromatic heterocycles. The summed E-state index contributed by atoms with van der Waals surface area (Å²) < 4.78 is 0. The molecule has 1 rings (SSSR count). The van der Waals surface area contributed by atoms with E-state index in [9.17, 15) is 4.79 Å². The molecule has 88 valence electrons. The summed E-state index contributed by atoms with van der Waals surface area (Å²) in [5.74, 6) is -0.0935. The number of rotatable bonds is 5. The summed E-state index contributed by atoms with van der Waals surface area (Å²) >= 11 is 0. The summed E-state index contributed by atoms with van der Waals surface area (Å²) in [6.45, 7) is 4.26. The predicted molar refractivity (Wildman–Crippen MR) is 63.8 cm³/mol. The molecule has 3 N–H and O–H groups in total. The monoisotopic (exact) mass is 221 g/mol. The SMILES string of the molecule is CCC(C)(N)C(=O)NCCc1ccncc1. The first-order chi connectivity index (χ1) is 7.56. The number of nitrogens with one attached hydrogen (secondary N) is 1. The molecule has 0 fully saturated rings. The minimum Gasteiger partial charge on any atom is -0.354 e. The first kappa shape index (κ1) is 12.6. The maximum absolute atomic E-state index is 11.6. The zero-order chi connectivity index (χ0) is 12.0. The summed E-state index contributed by atoms with van der Waals surface area (Å²) in [5, 5.41) is 2.84. The zero-order valence-corrected chi connectivity index (χ0v) is 9.86. The highest BCUT2D eigenvalue weighted by molar-refractivity contribution is 5.85. The van der Waals surface area contributed by atoms with Crippen LogP contribution in [0.4, 0.5) is 0 Å². The van der Waals surface area contributed by atoms with Crippen molar-refractivity contribution < 1.29 is 4.79 Å². The molecule has 0 aromatic carbocycles. The standard InChI is InChI=1S/C12H19N3O/c1-3-12(2,13)11(16)15-9-6-10-4-7-14-8-5-10/h4-5,7-8H,3,6,9,13H2,1-2H3,(H,15,16). The van der Waals surface area contributed by atoms with Crippen LogP contribution in [0, 0.1) is 0 Å². The fourth-order valence-electron chi connectivity index (χ4n) is 1.23. The van der Waals surface area contributed by atoms with Crippen LogP contribution in [0.25, 0.3) is 0 Å². The molecule has 1 aromatic rings. The molecule has 0 aliphatic carbocycles. The van der Waals surface area contributed by atoms with E-state index < -0.39 is 5.54 Å². The molecule has 0 saturated heterocycles. The third-order valence-corrected chi connectivity index (χ3v) is 2.70. The lowest BCUT2D eigenvalue weighted by atomic mass is 9.99. The van der Waals surface area contributed by atoms with Gasteiger partial charge in [-0.15, -0.1) is 0 Å². The fourth-order valence-corrected chi connectivity index (χ4v) is 1.23. The lowest BCUT2D eigenvalue weighted by Gasteiger charge is -2.21. The highest BCUT2D eigenvalue weighted by Crippen LogP contribution is 2.04. The van der Waals surface area contributed by atoms with Crippen LogP contribution in [0.15, 0.2) is 24.5 Å². The number of amides is 1. The molecule has 1 unspecified atom stereocenters. The van der Waals surface area contributed by atoms with Gasteiger partial charge in [0.1, 0.15) is 0 Å². The van der Waals surface area contributed by atoms with E-state index >= 15 is 0 Å². The normalized spacial score (nSPS) is 14.2. The Labute approximate surface area is 96.3 Å². The average molecular weight is 221 g/mol. The molecule has 0 radical (unpaired) electrons. The Morgan fingerprint density at radius 3 is 2.69 bits per heavy atom. The molecule has 16 heavy (non-hydrogen) atoms. The van der Waals surface area contributed by atoms with Crippen LogP contribution in [-0.4, -0.2) is 23.0 Å². The molecule has 1 atom stereocenters. The molecule has 4 heteroatoms. The Morgan fingerprint density at radius 1 is 1.50 bits per heavy atom. The maximum Gasteiger partial charge on any atom is 0.239 e. The third-order valence-electron chi connectivity index (χ3n) is 2.70. The number of pyridine rings is 1. The molecule has 1 amide bonds. The Morgan fingerprint density at radius 2 is 2.12 bits per heavy atom. The van der Waals surface area contributed by atoms with Crippen molar-refractivity contribution in [3.8, 4) is 0 Å². The van der Waals surface area contributed by atoms with Gasteiger partial charge in [-0.05, 0) is 37.5 Å². The summed E-state index contributed by atoms with van der Waals surface area (Å²) in [6.07, 6.45) is 4.93. The van der Waals surface area contributed by atoms with E-state index in [1.54, 1.807) is 19.3 Å². The van der Waals surface area contributed by atoms with E-state index in [-0.39, 0.29) is 5.91 Å². The van der Waals surface area contributed by atoms with E-state index in [0.29, 0.717) is 13.0 Å². The van der Waals surface area contributed by atoms with Crippen molar-refractivity contribution in [1.82, 2.24) is 10.3 Å². The topological polar surface area (TPSA) is 68.0 Å².